The van der Waals surface area contributed by atoms with Crippen molar-refractivity contribution >= 4 is 10.0 Å². The maximum Gasteiger partial charge on any atom is 0.243 e. The molecule has 3 nitrogen and oxygen atoms in total. The Balaban J connectivity index is 1.81. The Kier molecular flexibility index (Phi) is 3.69. The zero-order chi connectivity index (χ0) is 14.2. The Morgan fingerprint density at radius 2 is 1.60 bits per heavy atom. The quantitative estimate of drug-likeness (QED) is 0.803. The summed E-state index contributed by atoms with van der Waals surface area (Å²) >= 11 is 0. The molecular formula is C16H21NO2S. The second kappa shape index (κ2) is 5.34. The third kappa shape index (κ3) is 2.42. The number of aryl methyl sites for hydroxylation is 1. The fourth-order valence-electron chi connectivity index (χ4n) is 3.21. The van der Waals surface area contributed by atoms with Crippen LogP contribution in [0.4, 0.5) is 0 Å². The number of fused-ring (bicyclic) bond motifs is 1. The first kappa shape index (κ1) is 13.8. The van der Waals surface area contributed by atoms with E-state index >= 15 is 0 Å². The zero-order valence-corrected chi connectivity index (χ0v) is 12.6. The lowest BCUT2D eigenvalue weighted by molar-refractivity contribution is 0.411. The van der Waals surface area contributed by atoms with E-state index in [0.717, 1.165) is 19.3 Å². The minimum Gasteiger partial charge on any atom is -0.207 e. The highest BCUT2D eigenvalue weighted by Gasteiger charge is 2.38. The molecule has 0 amide bonds. The highest BCUT2D eigenvalue weighted by molar-refractivity contribution is 7.89. The van der Waals surface area contributed by atoms with E-state index in [4.69, 9.17) is 0 Å². The van der Waals surface area contributed by atoms with Crippen LogP contribution in [0.3, 0.4) is 0 Å². The number of rotatable bonds is 3. The van der Waals surface area contributed by atoms with Crippen LogP contribution in [-0.2, 0) is 16.4 Å². The number of hydrogen-bond acceptors (Lipinski definition) is 2. The van der Waals surface area contributed by atoms with Gasteiger partial charge < -0.3 is 0 Å². The van der Waals surface area contributed by atoms with Crippen LogP contribution >= 0.6 is 0 Å². The largest absolute Gasteiger partial charge is 0.243 e. The predicted octanol–water partition coefficient (Wildman–Crippen LogP) is 2.84. The Hall–Kier alpha value is -1.13. The van der Waals surface area contributed by atoms with Gasteiger partial charge in [0.15, 0.2) is 0 Å². The van der Waals surface area contributed by atoms with Gasteiger partial charge in [-0.1, -0.05) is 31.2 Å². The fraction of sp³-hybridized carbons (Fsp3) is 0.500. The highest BCUT2D eigenvalue weighted by atomic mass is 32.2. The molecule has 1 fully saturated rings. The van der Waals surface area contributed by atoms with Crippen LogP contribution in [0.25, 0.3) is 0 Å². The van der Waals surface area contributed by atoms with Crippen molar-refractivity contribution in [2.24, 2.45) is 11.8 Å². The Bertz CT molecular complexity index is 588. The van der Waals surface area contributed by atoms with Crippen LogP contribution in [0.1, 0.15) is 25.3 Å². The van der Waals surface area contributed by atoms with Crippen LogP contribution in [0.2, 0.25) is 0 Å². The molecule has 1 aliphatic carbocycles. The summed E-state index contributed by atoms with van der Waals surface area (Å²) in [5, 5.41) is 0. The van der Waals surface area contributed by atoms with Gasteiger partial charge in [-0.05, 0) is 48.8 Å². The lowest BCUT2D eigenvalue weighted by Crippen LogP contribution is -2.29. The fourth-order valence-corrected chi connectivity index (χ4v) is 4.77. The zero-order valence-electron chi connectivity index (χ0n) is 11.8. The lowest BCUT2D eigenvalue weighted by Gasteiger charge is -2.18. The van der Waals surface area contributed by atoms with Crippen molar-refractivity contribution in [3.05, 3.63) is 42.0 Å². The van der Waals surface area contributed by atoms with Gasteiger partial charge in [0.2, 0.25) is 10.0 Å². The molecule has 0 spiro atoms. The summed E-state index contributed by atoms with van der Waals surface area (Å²) in [4.78, 5) is 0.432. The number of sulfonamides is 1. The lowest BCUT2D eigenvalue weighted by atomic mass is 9.86. The van der Waals surface area contributed by atoms with Gasteiger partial charge in [0.1, 0.15) is 0 Å². The van der Waals surface area contributed by atoms with E-state index in [2.05, 4.69) is 19.1 Å². The minimum absolute atomic E-state index is 0.432. The Morgan fingerprint density at radius 1 is 1.05 bits per heavy atom. The molecule has 0 N–H and O–H groups in total. The number of benzene rings is 1. The van der Waals surface area contributed by atoms with Gasteiger partial charge in [-0.2, -0.15) is 4.31 Å². The van der Waals surface area contributed by atoms with Crippen molar-refractivity contribution in [1.29, 1.82) is 0 Å². The van der Waals surface area contributed by atoms with Crippen LogP contribution in [0, 0.1) is 11.8 Å². The second-order valence-corrected chi connectivity index (χ2v) is 7.72. The molecule has 0 aromatic heterocycles. The average molecular weight is 291 g/mol. The van der Waals surface area contributed by atoms with Crippen molar-refractivity contribution in [3.63, 3.8) is 0 Å². The summed E-state index contributed by atoms with van der Waals surface area (Å²) in [5.41, 5.74) is 1.17. The first-order valence-electron chi connectivity index (χ1n) is 7.35. The second-order valence-electron chi connectivity index (χ2n) is 5.78. The monoisotopic (exact) mass is 291 g/mol. The molecule has 1 heterocycles. The maximum atomic E-state index is 12.7. The maximum absolute atomic E-state index is 12.7. The molecule has 2 atom stereocenters. The van der Waals surface area contributed by atoms with Gasteiger partial charge in [0.25, 0.3) is 0 Å². The molecule has 0 bridgehead atoms. The standard InChI is InChI=1S/C16H21NO2S/c1-2-13-7-9-16(10-8-13)20(18,19)17-11-14-5-3-4-6-15(14)12-17/h3-4,7-10,14-15H,2,5-6,11-12H2,1H3. The average Bonchev–Trinajstić information content (AvgIpc) is 2.92. The molecule has 4 heteroatoms. The number of allylic oxidation sites excluding steroid dienone is 2. The topological polar surface area (TPSA) is 37.4 Å². The van der Waals surface area contributed by atoms with Gasteiger partial charge in [0, 0.05) is 13.1 Å². The van der Waals surface area contributed by atoms with Crippen LogP contribution < -0.4 is 0 Å². The molecule has 3 rings (SSSR count). The summed E-state index contributed by atoms with van der Waals surface area (Å²) in [6.07, 6.45) is 7.34. The van der Waals surface area contributed by atoms with Gasteiger partial charge in [-0.15, -0.1) is 0 Å². The first-order valence-corrected chi connectivity index (χ1v) is 8.79. The molecule has 1 aromatic rings. The molecule has 1 saturated heterocycles. The number of nitrogens with zero attached hydrogens (tertiary/aromatic N) is 1. The van der Waals surface area contributed by atoms with Crippen LogP contribution in [-0.4, -0.2) is 25.8 Å². The van der Waals surface area contributed by atoms with Gasteiger partial charge in [-0.3, -0.25) is 0 Å². The van der Waals surface area contributed by atoms with E-state index in [9.17, 15) is 8.42 Å². The Morgan fingerprint density at radius 3 is 2.10 bits per heavy atom. The van der Waals surface area contributed by atoms with Crippen molar-refractivity contribution in [3.8, 4) is 0 Å². The summed E-state index contributed by atoms with van der Waals surface area (Å²) in [6.45, 7) is 3.42. The van der Waals surface area contributed by atoms with E-state index in [-0.39, 0.29) is 0 Å². The summed E-state index contributed by atoms with van der Waals surface area (Å²) in [6, 6.07) is 7.32. The third-order valence-electron chi connectivity index (χ3n) is 4.56. The van der Waals surface area contributed by atoms with Crippen molar-refractivity contribution in [2.75, 3.05) is 13.1 Å². The van der Waals surface area contributed by atoms with Crippen molar-refractivity contribution in [2.45, 2.75) is 31.1 Å². The third-order valence-corrected chi connectivity index (χ3v) is 6.40. The van der Waals surface area contributed by atoms with E-state index in [1.807, 2.05) is 12.1 Å². The minimum atomic E-state index is -3.32. The van der Waals surface area contributed by atoms with Gasteiger partial charge >= 0.3 is 0 Å². The SMILES string of the molecule is CCc1ccc(S(=O)(=O)N2CC3CC=CCC3C2)cc1. The molecule has 1 aromatic carbocycles. The predicted molar refractivity (Wildman–Crippen MR) is 79.9 cm³/mol. The molecule has 2 aliphatic rings. The molecule has 108 valence electrons. The molecule has 0 saturated carbocycles. The van der Waals surface area contributed by atoms with Crippen molar-refractivity contribution < 1.29 is 8.42 Å². The first-order chi connectivity index (χ1) is 9.61. The molecule has 20 heavy (non-hydrogen) atoms. The van der Waals surface area contributed by atoms with Crippen molar-refractivity contribution in [1.82, 2.24) is 4.31 Å². The summed E-state index contributed by atoms with van der Waals surface area (Å²) in [5.74, 6) is 1.01. The van der Waals surface area contributed by atoms with Gasteiger partial charge in [-0.25, -0.2) is 8.42 Å². The molecular weight excluding hydrogens is 270 g/mol. The van der Waals surface area contributed by atoms with E-state index in [0.29, 0.717) is 29.8 Å². The summed E-state index contributed by atoms with van der Waals surface area (Å²) in [7, 11) is -3.32. The molecule has 2 unspecified atom stereocenters. The number of hydrogen-bond donors (Lipinski definition) is 0. The normalized spacial score (nSPS) is 26.6. The van der Waals surface area contributed by atoms with Gasteiger partial charge in [0.05, 0.1) is 4.90 Å². The molecule has 0 radical (unpaired) electrons. The molecule has 1 aliphatic heterocycles. The van der Waals surface area contributed by atoms with E-state index in [1.165, 1.54) is 5.56 Å². The van der Waals surface area contributed by atoms with Crippen LogP contribution in [0.5, 0.6) is 0 Å². The van der Waals surface area contributed by atoms with E-state index in [1.54, 1.807) is 16.4 Å². The summed E-state index contributed by atoms with van der Waals surface area (Å²) < 4.78 is 27.0. The van der Waals surface area contributed by atoms with E-state index < -0.39 is 10.0 Å². The highest BCUT2D eigenvalue weighted by Crippen LogP contribution is 2.35. The Labute approximate surface area is 121 Å². The van der Waals surface area contributed by atoms with Crippen LogP contribution in [0.15, 0.2) is 41.3 Å². The smallest absolute Gasteiger partial charge is 0.207 e.